The lowest BCUT2D eigenvalue weighted by atomic mass is 9.99. The molecule has 0 aromatic rings. The van der Waals surface area contributed by atoms with E-state index in [2.05, 4.69) is 41.5 Å². The van der Waals surface area contributed by atoms with Gasteiger partial charge in [0.2, 0.25) is 0 Å². The molecule has 0 spiro atoms. The predicted octanol–water partition coefficient (Wildman–Crippen LogP) is 22.3. The summed E-state index contributed by atoms with van der Waals surface area (Å²) in [5.41, 5.74) is 0. The average molecular weight is 1400 g/mol. The monoisotopic (exact) mass is 1400 g/mol. The number of phosphoric ester groups is 2. The van der Waals surface area contributed by atoms with Crippen LogP contribution in [0.5, 0.6) is 0 Å². The first-order valence-electron chi connectivity index (χ1n) is 39.6. The maximum Gasteiger partial charge on any atom is 0.472 e. The molecule has 0 heterocycles. The molecule has 19 heteroatoms. The lowest BCUT2D eigenvalue weighted by Gasteiger charge is -2.21. The highest BCUT2D eigenvalue weighted by molar-refractivity contribution is 7.47. The van der Waals surface area contributed by atoms with Crippen molar-refractivity contribution in [2.45, 2.75) is 413 Å². The maximum absolute atomic E-state index is 13.1. The Morgan fingerprint density at radius 2 is 0.505 bits per heavy atom. The number of rotatable bonds is 75. The van der Waals surface area contributed by atoms with E-state index in [1.807, 2.05) is 0 Å². The Morgan fingerprint density at radius 1 is 0.295 bits per heavy atom. The third-order valence-corrected chi connectivity index (χ3v) is 20.3. The second kappa shape index (κ2) is 67.9. The molecule has 4 unspecified atom stereocenters. The van der Waals surface area contributed by atoms with E-state index in [1.54, 1.807) is 0 Å². The molecule has 0 aliphatic carbocycles. The number of hydrogen-bond donors (Lipinski definition) is 3. The summed E-state index contributed by atoms with van der Waals surface area (Å²) in [6.45, 7) is 9.60. The zero-order chi connectivity index (χ0) is 70.0. The summed E-state index contributed by atoms with van der Waals surface area (Å²) in [5, 5.41) is 10.6. The first-order valence-corrected chi connectivity index (χ1v) is 42.6. The Labute approximate surface area is 581 Å². The van der Waals surface area contributed by atoms with Gasteiger partial charge in [-0.2, -0.15) is 0 Å². The van der Waals surface area contributed by atoms with Gasteiger partial charge in [-0.1, -0.05) is 343 Å². The molecule has 0 bridgehead atoms. The van der Waals surface area contributed by atoms with Crippen LogP contribution in [0.1, 0.15) is 395 Å². The molecule has 7 atom stereocenters. The van der Waals surface area contributed by atoms with Crippen LogP contribution in [-0.4, -0.2) is 96.7 Å². The molecule has 3 N–H and O–H groups in total. The minimum atomic E-state index is -4.96. The number of esters is 4. The van der Waals surface area contributed by atoms with Crippen molar-refractivity contribution in [2.75, 3.05) is 39.6 Å². The van der Waals surface area contributed by atoms with Gasteiger partial charge in [-0.25, -0.2) is 9.13 Å². The van der Waals surface area contributed by atoms with Crippen molar-refractivity contribution in [2.24, 2.45) is 11.8 Å². The third-order valence-electron chi connectivity index (χ3n) is 18.4. The number of aliphatic hydroxyl groups excluding tert-OH is 1. The largest absolute Gasteiger partial charge is 0.472 e. The van der Waals surface area contributed by atoms with E-state index in [1.165, 1.54) is 212 Å². The lowest BCUT2D eigenvalue weighted by molar-refractivity contribution is -0.161. The van der Waals surface area contributed by atoms with Crippen LogP contribution in [0.15, 0.2) is 0 Å². The lowest BCUT2D eigenvalue weighted by Crippen LogP contribution is -2.30. The fourth-order valence-electron chi connectivity index (χ4n) is 11.6. The number of carbonyl (C=O) groups excluding carboxylic acids is 4. The average Bonchev–Trinajstić information content (AvgIpc) is 1.91. The summed E-state index contributed by atoms with van der Waals surface area (Å²) in [6.07, 6.45) is 55.3. The second-order valence-corrected chi connectivity index (χ2v) is 30.8. The van der Waals surface area contributed by atoms with Crippen molar-refractivity contribution >= 4 is 39.5 Å². The molecule has 0 rings (SSSR count). The van der Waals surface area contributed by atoms with Crippen molar-refractivity contribution in [1.29, 1.82) is 0 Å². The molecule has 0 fully saturated rings. The Hall–Kier alpha value is -1.94. The van der Waals surface area contributed by atoms with Crippen LogP contribution in [0.3, 0.4) is 0 Å². The molecule has 0 saturated carbocycles. The van der Waals surface area contributed by atoms with Gasteiger partial charge in [0.25, 0.3) is 0 Å². The number of hydrogen-bond acceptors (Lipinski definition) is 15. The Kier molecular flexibility index (Phi) is 66.5. The molecule has 0 aliphatic heterocycles. The minimum absolute atomic E-state index is 0.105. The van der Waals surface area contributed by atoms with Gasteiger partial charge in [0.05, 0.1) is 26.4 Å². The van der Waals surface area contributed by atoms with E-state index in [0.29, 0.717) is 25.7 Å². The minimum Gasteiger partial charge on any atom is -0.462 e. The Morgan fingerprint density at radius 3 is 0.747 bits per heavy atom. The van der Waals surface area contributed by atoms with Gasteiger partial charge in [-0.3, -0.25) is 37.3 Å². The summed E-state index contributed by atoms with van der Waals surface area (Å²) < 4.78 is 68.6. The highest BCUT2D eigenvalue weighted by Gasteiger charge is 2.30. The highest BCUT2D eigenvalue weighted by Crippen LogP contribution is 2.45. The van der Waals surface area contributed by atoms with Gasteiger partial charge in [0, 0.05) is 25.7 Å². The molecule has 564 valence electrons. The van der Waals surface area contributed by atoms with Crippen molar-refractivity contribution in [3.05, 3.63) is 0 Å². The highest BCUT2D eigenvalue weighted by atomic mass is 31.2. The van der Waals surface area contributed by atoms with Crippen LogP contribution in [-0.2, 0) is 65.4 Å². The van der Waals surface area contributed by atoms with Crippen LogP contribution < -0.4 is 0 Å². The summed E-state index contributed by atoms with van der Waals surface area (Å²) in [6, 6.07) is 0. The van der Waals surface area contributed by atoms with E-state index >= 15 is 0 Å². The van der Waals surface area contributed by atoms with E-state index in [4.69, 9.17) is 37.0 Å². The van der Waals surface area contributed by atoms with Gasteiger partial charge in [0.15, 0.2) is 12.2 Å². The molecule has 0 saturated heterocycles. The number of ether oxygens (including phenoxy) is 4. The first-order chi connectivity index (χ1) is 45.9. The Balaban J connectivity index is 5.26. The van der Waals surface area contributed by atoms with Crippen molar-refractivity contribution in [3.8, 4) is 0 Å². The fourth-order valence-corrected chi connectivity index (χ4v) is 13.2. The molecule has 95 heavy (non-hydrogen) atoms. The van der Waals surface area contributed by atoms with Crippen LogP contribution >= 0.6 is 15.6 Å². The van der Waals surface area contributed by atoms with Crippen LogP contribution in [0.4, 0.5) is 0 Å². The van der Waals surface area contributed by atoms with Gasteiger partial charge >= 0.3 is 39.5 Å². The molecule has 17 nitrogen and oxygen atoms in total. The SMILES string of the molecule is CCCCCCCCCCCCCCCCCCCC(=O)O[C@H](COC(=O)CCCCCCCCCCCCCCCC)COP(=O)(O)OC[C@@H](O)COP(=O)(O)OC[C@@H](COC(=O)CCCCCCCCCCC(C)CC)OC(=O)CCCCCCCCCCC(C)CC. The van der Waals surface area contributed by atoms with E-state index in [0.717, 1.165) is 102 Å². The van der Waals surface area contributed by atoms with Crippen LogP contribution in [0.2, 0.25) is 0 Å². The zero-order valence-corrected chi connectivity index (χ0v) is 63.8. The molecule has 0 radical (unpaired) electrons. The maximum atomic E-state index is 13.1. The first kappa shape index (κ1) is 93.1. The fraction of sp³-hybridized carbons (Fsp3) is 0.947. The van der Waals surface area contributed by atoms with Gasteiger partial charge < -0.3 is 33.8 Å². The second-order valence-electron chi connectivity index (χ2n) is 27.9. The number of carbonyl (C=O) groups is 4. The van der Waals surface area contributed by atoms with Crippen molar-refractivity contribution in [3.63, 3.8) is 0 Å². The van der Waals surface area contributed by atoms with E-state index in [-0.39, 0.29) is 25.7 Å². The number of aliphatic hydroxyl groups is 1. The van der Waals surface area contributed by atoms with Crippen molar-refractivity contribution < 1.29 is 80.2 Å². The summed E-state index contributed by atoms with van der Waals surface area (Å²) in [4.78, 5) is 72.8. The van der Waals surface area contributed by atoms with Crippen LogP contribution in [0, 0.1) is 11.8 Å². The third kappa shape index (κ3) is 67.6. The van der Waals surface area contributed by atoms with Gasteiger partial charge in [-0.15, -0.1) is 0 Å². The molecular formula is C76H148O17P2. The zero-order valence-electron chi connectivity index (χ0n) is 62.0. The topological polar surface area (TPSA) is 237 Å². The molecule has 0 aromatic heterocycles. The predicted molar refractivity (Wildman–Crippen MR) is 386 cm³/mol. The molecule has 0 aliphatic rings. The quantitative estimate of drug-likeness (QED) is 0.0222. The number of phosphoric acid groups is 2. The number of unbranched alkanes of at least 4 members (excludes halogenated alkanes) is 43. The summed E-state index contributed by atoms with van der Waals surface area (Å²) in [7, 11) is -9.91. The van der Waals surface area contributed by atoms with E-state index in [9.17, 15) is 43.2 Å². The van der Waals surface area contributed by atoms with Crippen LogP contribution in [0.25, 0.3) is 0 Å². The summed E-state index contributed by atoms with van der Waals surface area (Å²) >= 11 is 0. The Bertz CT molecular complexity index is 1840. The molecule has 0 amide bonds. The smallest absolute Gasteiger partial charge is 0.462 e. The normalized spacial score (nSPS) is 14.6. The van der Waals surface area contributed by atoms with E-state index < -0.39 is 97.5 Å². The molecular weight excluding hydrogens is 1250 g/mol. The standard InChI is InChI=1S/C76H148O17P2/c1-7-11-13-15-17-19-21-23-25-26-27-29-31-33-42-48-54-60-75(80)92-71(64-86-73(78)58-52-46-40-32-30-28-24-22-20-18-16-14-12-8-2)66-90-94(82,83)88-62-70(77)63-89-95(84,85)91-67-72(93-76(81)61-55-49-43-37-35-39-45-51-57-69(6)10-4)65-87-74(79)59-53-47-41-36-34-38-44-50-56-68(5)9-3/h68-72,77H,7-67H2,1-6H3,(H,82,83)(H,84,85)/t68?,69?,70-,71-,72-/m1/s1. The van der Waals surface area contributed by atoms with Gasteiger partial charge in [0.1, 0.15) is 19.3 Å². The van der Waals surface area contributed by atoms with Crippen molar-refractivity contribution in [1.82, 2.24) is 0 Å². The molecule has 0 aromatic carbocycles. The van der Waals surface area contributed by atoms with Gasteiger partial charge in [-0.05, 0) is 37.5 Å². The summed E-state index contributed by atoms with van der Waals surface area (Å²) in [5.74, 6) is -0.568.